The first-order valence-corrected chi connectivity index (χ1v) is 12.2. The molecule has 174 valence electrons. The highest BCUT2D eigenvalue weighted by atomic mass is 32.2. The van der Waals surface area contributed by atoms with Crippen LogP contribution in [0.2, 0.25) is 0 Å². The molecule has 10 nitrogen and oxygen atoms in total. The van der Waals surface area contributed by atoms with Crippen molar-refractivity contribution in [3.8, 4) is 17.1 Å². The van der Waals surface area contributed by atoms with Crippen molar-refractivity contribution in [3.05, 3.63) is 30.0 Å². The van der Waals surface area contributed by atoms with Crippen molar-refractivity contribution in [2.45, 2.75) is 18.7 Å². The van der Waals surface area contributed by atoms with Gasteiger partial charge in [-0.2, -0.15) is 0 Å². The Morgan fingerprint density at radius 3 is 2.69 bits per heavy atom. The molecule has 2 amide bonds. The molecule has 0 bridgehead atoms. The normalized spacial score (nSPS) is 16.5. The van der Waals surface area contributed by atoms with E-state index >= 15 is 0 Å². The number of carbonyl (C=O) groups excluding carboxylic acids is 1. The molecule has 0 aliphatic carbocycles. The highest BCUT2D eigenvalue weighted by Crippen LogP contribution is 2.31. The van der Waals surface area contributed by atoms with E-state index in [1.54, 1.807) is 38.4 Å². The third-order valence-electron chi connectivity index (χ3n) is 4.95. The summed E-state index contributed by atoms with van der Waals surface area (Å²) in [7, 11) is 1.51. The number of carbonyl (C=O) groups is 1. The number of hydrogen-bond acceptors (Lipinski definition) is 8. The first kappa shape index (κ1) is 23.7. The molecule has 0 radical (unpaired) electrons. The van der Waals surface area contributed by atoms with Crippen molar-refractivity contribution in [1.82, 2.24) is 14.9 Å². The molecule has 2 heterocycles. The fourth-order valence-corrected chi connectivity index (χ4v) is 4.02. The van der Waals surface area contributed by atoms with Crippen LogP contribution in [0.1, 0.15) is 12.6 Å². The van der Waals surface area contributed by atoms with Gasteiger partial charge in [-0.15, -0.1) is 0 Å². The molecule has 2 aromatic rings. The van der Waals surface area contributed by atoms with E-state index in [1.807, 2.05) is 6.92 Å². The van der Waals surface area contributed by atoms with E-state index in [1.165, 1.54) is 18.3 Å². The molecule has 0 unspecified atom stereocenters. The van der Waals surface area contributed by atoms with Crippen LogP contribution >= 0.6 is 0 Å². The van der Waals surface area contributed by atoms with E-state index in [2.05, 4.69) is 15.2 Å². The second-order valence-electron chi connectivity index (χ2n) is 7.97. The Kier molecular flexibility index (Phi) is 7.19. The van der Waals surface area contributed by atoms with Crippen LogP contribution in [0, 0.1) is 0 Å². The van der Waals surface area contributed by atoms with E-state index in [0.29, 0.717) is 54.1 Å². The van der Waals surface area contributed by atoms with Crippen LogP contribution in [0.25, 0.3) is 11.4 Å². The second kappa shape index (κ2) is 9.70. The number of nitrogens with zero attached hydrogens (tertiary/aromatic N) is 4. The number of morpholine rings is 1. The predicted octanol–water partition coefficient (Wildman–Crippen LogP) is 2.02. The molecule has 3 rings (SSSR count). The molecule has 32 heavy (non-hydrogen) atoms. The van der Waals surface area contributed by atoms with Gasteiger partial charge < -0.3 is 24.6 Å². The molecule has 1 aliphatic heterocycles. The van der Waals surface area contributed by atoms with Crippen LogP contribution < -0.4 is 15.0 Å². The van der Waals surface area contributed by atoms with Crippen LogP contribution in [-0.4, -0.2) is 82.6 Å². The van der Waals surface area contributed by atoms with Crippen LogP contribution in [0.15, 0.2) is 24.3 Å². The number of ether oxygens (including phenoxy) is 2. The number of sulfone groups is 1. The molecule has 1 aliphatic rings. The molecule has 1 aromatic heterocycles. The second-order valence-corrected chi connectivity index (χ2v) is 10.1. The summed E-state index contributed by atoms with van der Waals surface area (Å²) in [4.78, 5) is 24.7. The van der Waals surface area contributed by atoms with E-state index < -0.39 is 9.84 Å². The average molecular weight is 464 g/mol. The standard InChI is InChI=1S/C21H29N5O5S/c1-14-12-31-9-8-26(14)19-11-16(13-32(5,28)29)22-20(24-19)15-6-7-17(18(10-15)30-4)23-21(27)25(2)3/h6-7,10-11,14H,8-9,12-13H2,1-5H3,(H,23,27)/t14-/m0/s1. The Labute approximate surface area is 188 Å². The van der Waals surface area contributed by atoms with Gasteiger partial charge in [-0.25, -0.2) is 23.2 Å². The van der Waals surface area contributed by atoms with Gasteiger partial charge in [0, 0.05) is 38.5 Å². The van der Waals surface area contributed by atoms with E-state index in [-0.39, 0.29) is 17.8 Å². The number of rotatable bonds is 6. The summed E-state index contributed by atoms with van der Waals surface area (Å²) < 4.78 is 34.9. The number of nitrogens with one attached hydrogen (secondary N) is 1. The van der Waals surface area contributed by atoms with Gasteiger partial charge in [-0.05, 0) is 25.1 Å². The number of urea groups is 1. The summed E-state index contributed by atoms with van der Waals surface area (Å²) in [6, 6.07) is 6.72. The molecule has 1 fully saturated rings. The molecule has 0 saturated carbocycles. The Morgan fingerprint density at radius 2 is 2.06 bits per heavy atom. The molecular weight excluding hydrogens is 434 g/mol. The van der Waals surface area contributed by atoms with Crippen LogP contribution in [0.4, 0.5) is 16.3 Å². The lowest BCUT2D eigenvalue weighted by molar-refractivity contribution is 0.0985. The lowest BCUT2D eigenvalue weighted by Gasteiger charge is -2.34. The van der Waals surface area contributed by atoms with E-state index in [4.69, 9.17) is 14.5 Å². The Balaban J connectivity index is 2.04. The van der Waals surface area contributed by atoms with Crippen LogP contribution in [-0.2, 0) is 20.3 Å². The molecule has 1 atom stereocenters. The summed E-state index contributed by atoms with van der Waals surface area (Å²) in [5, 5.41) is 2.77. The van der Waals surface area contributed by atoms with Crippen molar-refractivity contribution in [1.29, 1.82) is 0 Å². The van der Waals surface area contributed by atoms with Gasteiger partial charge in [0.15, 0.2) is 15.7 Å². The minimum absolute atomic E-state index is 0.0933. The summed E-state index contributed by atoms with van der Waals surface area (Å²) in [5.41, 5.74) is 1.56. The topological polar surface area (TPSA) is 114 Å². The first-order valence-electron chi connectivity index (χ1n) is 10.1. The van der Waals surface area contributed by atoms with Crippen molar-refractivity contribution >= 4 is 27.4 Å². The quantitative estimate of drug-likeness (QED) is 0.692. The molecule has 0 spiro atoms. The van der Waals surface area contributed by atoms with Crippen molar-refractivity contribution in [3.63, 3.8) is 0 Å². The molecule has 1 N–H and O–H groups in total. The Morgan fingerprint density at radius 1 is 1.31 bits per heavy atom. The average Bonchev–Trinajstić information content (AvgIpc) is 2.72. The summed E-state index contributed by atoms with van der Waals surface area (Å²) >= 11 is 0. The lowest BCUT2D eigenvalue weighted by atomic mass is 10.1. The van der Waals surface area contributed by atoms with Gasteiger partial charge in [0.05, 0.1) is 43.5 Å². The summed E-state index contributed by atoms with van der Waals surface area (Å²) in [5.74, 6) is 1.27. The monoisotopic (exact) mass is 463 g/mol. The van der Waals surface area contributed by atoms with Crippen LogP contribution in [0.3, 0.4) is 0 Å². The molecule has 11 heteroatoms. The van der Waals surface area contributed by atoms with Crippen LogP contribution in [0.5, 0.6) is 5.75 Å². The Hall–Kier alpha value is -2.92. The molecular formula is C21H29N5O5S. The minimum atomic E-state index is -3.29. The van der Waals surface area contributed by atoms with E-state index in [9.17, 15) is 13.2 Å². The maximum atomic E-state index is 12.0. The SMILES string of the molecule is COc1cc(-c2nc(CS(C)(=O)=O)cc(N3CCOC[C@@H]3C)n2)ccc1NC(=O)N(C)C. The number of aromatic nitrogens is 2. The smallest absolute Gasteiger partial charge is 0.321 e. The third-order valence-corrected chi connectivity index (χ3v) is 5.77. The maximum absolute atomic E-state index is 12.0. The molecule has 1 saturated heterocycles. The van der Waals surface area contributed by atoms with Gasteiger partial charge in [0.1, 0.15) is 11.6 Å². The minimum Gasteiger partial charge on any atom is -0.495 e. The molecule has 1 aromatic carbocycles. The van der Waals surface area contributed by atoms with E-state index in [0.717, 1.165) is 0 Å². The zero-order chi connectivity index (χ0) is 23.5. The zero-order valence-corrected chi connectivity index (χ0v) is 19.8. The number of hydrogen-bond donors (Lipinski definition) is 1. The van der Waals surface area contributed by atoms with Crippen molar-refractivity contribution in [2.75, 3.05) is 57.4 Å². The van der Waals surface area contributed by atoms with Gasteiger partial charge in [-0.1, -0.05) is 0 Å². The van der Waals surface area contributed by atoms with Gasteiger partial charge in [0.2, 0.25) is 0 Å². The fraction of sp³-hybridized carbons (Fsp3) is 0.476. The number of benzene rings is 1. The zero-order valence-electron chi connectivity index (χ0n) is 19.0. The third kappa shape index (κ3) is 5.86. The van der Waals surface area contributed by atoms with Gasteiger partial charge in [-0.3, -0.25) is 0 Å². The highest BCUT2D eigenvalue weighted by Gasteiger charge is 2.23. The van der Waals surface area contributed by atoms with Gasteiger partial charge in [0.25, 0.3) is 0 Å². The number of amides is 2. The fourth-order valence-electron chi connectivity index (χ4n) is 3.33. The van der Waals surface area contributed by atoms with Crippen molar-refractivity contribution in [2.24, 2.45) is 0 Å². The number of methoxy groups -OCH3 is 1. The predicted molar refractivity (Wildman–Crippen MR) is 123 cm³/mol. The van der Waals surface area contributed by atoms with Crippen molar-refractivity contribution < 1.29 is 22.7 Å². The maximum Gasteiger partial charge on any atom is 0.321 e. The summed E-state index contributed by atoms with van der Waals surface area (Å²) in [6.07, 6.45) is 1.18. The van der Waals surface area contributed by atoms with Gasteiger partial charge >= 0.3 is 6.03 Å². The lowest BCUT2D eigenvalue weighted by Crippen LogP contribution is -2.44. The highest BCUT2D eigenvalue weighted by molar-refractivity contribution is 7.89. The summed E-state index contributed by atoms with van der Waals surface area (Å²) in [6.45, 7) is 3.81. The number of anilines is 2. The first-order chi connectivity index (χ1) is 15.1. The largest absolute Gasteiger partial charge is 0.495 e. The Bertz CT molecular complexity index is 1090.